The van der Waals surface area contributed by atoms with E-state index in [4.69, 9.17) is 9.59 Å². The molecule has 0 radical (unpaired) electrons. The Morgan fingerprint density at radius 1 is 1.00 bits per heavy atom. The maximum atomic E-state index is 9.04. The first-order chi connectivity index (χ1) is 4.83. The zero-order valence-electron chi connectivity index (χ0n) is 5.28. The predicted octanol–water partition coefficient (Wildman–Crippen LogP) is 0.931. The molecule has 0 saturated carbocycles. The monoisotopic (exact) mass is 138 g/mol. The van der Waals surface area contributed by atoms with Gasteiger partial charge in [0.2, 0.25) is 12.2 Å². The lowest BCUT2D eigenvalue weighted by molar-refractivity contribution is 0.564. The van der Waals surface area contributed by atoms with Crippen molar-refractivity contribution in [3.63, 3.8) is 0 Å². The molecule has 0 aliphatic heterocycles. The van der Waals surface area contributed by atoms with Crippen LogP contribution in [0.25, 0.3) is 0 Å². The minimum Gasteiger partial charge on any atom is -0.211 e. The molecule has 0 spiro atoms. The summed E-state index contributed by atoms with van der Waals surface area (Å²) in [6, 6.07) is 0. The summed E-state index contributed by atoms with van der Waals surface area (Å²) in [5.41, 5.74) is 0. The van der Waals surface area contributed by atoms with Gasteiger partial charge in [-0.3, -0.25) is 0 Å². The van der Waals surface area contributed by atoms with E-state index in [0.717, 1.165) is 12.4 Å². The first kappa shape index (κ1) is 11.1. The van der Waals surface area contributed by atoms with Crippen molar-refractivity contribution in [1.82, 2.24) is 0 Å². The highest BCUT2D eigenvalue weighted by Gasteiger charge is 1.40. The number of carbonyl (C=O) groups excluding carboxylic acids is 2. The van der Waals surface area contributed by atoms with Crippen LogP contribution < -0.4 is 0 Å². The van der Waals surface area contributed by atoms with Gasteiger partial charge in [0.1, 0.15) is 0 Å². The van der Waals surface area contributed by atoms with Gasteiger partial charge in [-0.15, -0.1) is 0 Å². The molecule has 4 heteroatoms. The summed E-state index contributed by atoms with van der Waals surface area (Å²) in [7, 11) is 0. The Balaban J connectivity index is 0. The average Bonchev–Trinajstić information content (AvgIpc) is 1.93. The summed E-state index contributed by atoms with van der Waals surface area (Å²) in [4.78, 5) is 23.9. The largest absolute Gasteiger partial charge is 0.239 e. The van der Waals surface area contributed by atoms with E-state index in [1.165, 1.54) is 12.2 Å². The fourth-order valence-corrected chi connectivity index (χ4v) is 0.0745. The van der Waals surface area contributed by atoms with Crippen molar-refractivity contribution in [2.45, 2.75) is 0 Å². The molecule has 10 heavy (non-hydrogen) atoms. The smallest absolute Gasteiger partial charge is 0.211 e. The second kappa shape index (κ2) is 15.7. The average molecular weight is 138 g/mol. The van der Waals surface area contributed by atoms with Crippen molar-refractivity contribution in [2.75, 3.05) is 0 Å². The van der Waals surface area contributed by atoms with E-state index < -0.39 is 0 Å². The highest BCUT2D eigenvalue weighted by atomic mass is 16.1. The van der Waals surface area contributed by atoms with Crippen molar-refractivity contribution in [1.29, 1.82) is 0 Å². The molecule has 0 amide bonds. The van der Waals surface area contributed by atoms with Crippen LogP contribution >= 0.6 is 0 Å². The molecule has 0 heterocycles. The van der Waals surface area contributed by atoms with Gasteiger partial charge in [-0.25, -0.2) is 9.59 Å². The van der Waals surface area contributed by atoms with E-state index >= 15 is 0 Å². The topological polar surface area (TPSA) is 58.9 Å². The van der Waals surface area contributed by atoms with Gasteiger partial charge in [-0.1, -0.05) is 13.2 Å². The third-order valence-electron chi connectivity index (χ3n) is 0.288. The number of nitrogens with zero attached hydrogens (tertiary/aromatic N) is 2. The molecule has 0 saturated heterocycles. The Labute approximate surface area is 58.3 Å². The van der Waals surface area contributed by atoms with E-state index in [1.807, 2.05) is 0 Å². The molecule has 0 aromatic rings. The van der Waals surface area contributed by atoms with Gasteiger partial charge in [0.15, 0.2) is 0 Å². The summed E-state index contributed by atoms with van der Waals surface area (Å²) in [6.07, 6.45) is 4.81. The van der Waals surface area contributed by atoms with Gasteiger partial charge in [0, 0.05) is 12.4 Å². The summed E-state index contributed by atoms with van der Waals surface area (Å²) < 4.78 is 0. The van der Waals surface area contributed by atoms with E-state index in [-0.39, 0.29) is 0 Å². The standard InChI is InChI=1S/2C3H3NO/c2*1-2-4-3-5/h2*2H,1H2. The van der Waals surface area contributed by atoms with Crippen molar-refractivity contribution < 1.29 is 9.59 Å². The molecule has 0 atom stereocenters. The van der Waals surface area contributed by atoms with Crippen LogP contribution in [0.5, 0.6) is 0 Å². The van der Waals surface area contributed by atoms with Crippen molar-refractivity contribution in [3.05, 3.63) is 25.6 Å². The molecule has 4 nitrogen and oxygen atoms in total. The fourth-order valence-electron chi connectivity index (χ4n) is 0.0745. The molecule has 0 aliphatic rings. The third-order valence-corrected chi connectivity index (χ3v) is 0.288. The number of rotatable bonds is 2. The van der Waals surface area contributed by atoms with Crippen LogP contribution in [0.15, 0.2) is 35.5 Å². The second-order valence-corrected chi connectivity index (χ2v) is 0.806. The number of hydrogen-bond donors (Lipinski definition) is 0. The maximum absolute atomic E-state index is 9.04. The quantitative estimate of drug-likeness (QED) is 0.421. The fraction of sp³-hybridized carbons (Fsp3) is 0. The van der Waals surface area contributed by atoms with Crippen LogP contribution in [0.3, 0.4) is 0 Å². The molecule has 0 rings (SSSR count). The SMILES string of the molecule is C=CN=C=O.C=CN=C=O. The van der Waals surface area contributed by atoms with Crippen molar-refractivity contribution in [2.24, 2.45) is 9.98 Å². The summed E-state index contributed by atoms with van der Waals surface area (Å²) in [5.74, 6) is 0. The number of hydrogen-bond acceptors (Lipinski definition) is 4. The van der Waals surface area contributed by atoms with Crippen LogP contribution in [-0.4, -0.2) is 12.2 Å². The zero-order valence-corrected chi connectivity index (χ0v) is 5.28. The maximum Gasteiger partial charge on any atom is 0.239 e. The van der Waals surface area contributed by atoms with Crippen LogP contribution in [0.1, 0.15) is 0 Å². The van der Waals surface area contributed by atoms with Crippen LogP contribution in [0.2, 0.25) is 0 Å². The highest BCUT2D eigenvalue weighted by Crippen LogP contribution is 1.53. The normalized spacial score (nSPS) is 4.80. The van der Waals surface area contributed by atoms with Gasteiger partial charge in [-0.2, -0.15) is 9.98 Å². The molecule has 0 unspecified atom stereocenters. The Bertz CT molecular complexity index is 164. The molecular formula is C6H6N2O2. The third kappa shape index (κ3) is 34.1. The Hall–Kier alpha value is -1.76. The van der Waals surface area contributed by atoms with Crippen LogP contribution in [-0.2, 0) is 9.59 Å². The summed E-state index contributed by atoms with van der Waals surface area (Å²) >= 11 is 0. The van der Waals surface area contributed by atoms with E-state index in [9.17, 15) is 0 Å². The number of isocyanates is 2. The van der Waals surface area contributed by atoms with Gasteiger partial charge < -0.3 is 0 Å². The van der Waals surface area contributed by atoms with Gasteiger partial charge in [-0.05, 0) is 0 Å². The second-order valence-electron chi connectivity index (χ2n) is 0.806. The molecular weight excluding hydrogens is 132 g/mol. The molecule has 0 N–H and O–H groups in total. The number of aliphatic imine (C=N–C) groups is 2. The van der Waals surface area contributed by atoms with Crippen LogP contribution in [0.4, 0.5) is 0 Å². The lowest BCUT2D eigenvalue weighted by Crippen LogP contribution is -1.37. The van der Waals surface area contributed by atoms with Crippen LogP contribution in [0, 0.1) is 0 Å². The van der Waals surface area contributed by atoms with E-state index in [1.54, 1.807) is 0 Å². The van der Waals surface area contributed by atoms with Gasteiger partial charge in [0.25, 0.3) is 0 Å². The van der Waals surface area contributed by atoms with E-state index in [0.29, 0.717) is 0 Å². The van der Waals surface area contributed by atoms with Gasteiger partial charge >= 0.3 is 0 Å². The lowest BCUT2D eigenvalue weighted by atomic mass is 11.1. The molecule has 52 valence electrons. The minimum absolute atomic E-state index is 1.13. The van der Waals surface area contributed by atoms with E-state index in [2.05, 4.69) is 23.1 Å². The predicted molar refractivity (Wildman–Crippen MR) is 36.6 cm³/mol. The summed E-state index contributed by atoms with van der Waals surface area (Å²) in [6.45, 7) is 6.24. The minimum atomic E-state index is 1.13. The van der Waals surface area contributed by atoms with Crippen molar-refractivity contribution >= 4 is 12.2 Å². The molecule has 0 aliphatic carbocycles. The Morgan fingerprint density at radius 3 is 1.30 bits per heavy atom. The Morgan fingerprint density at radius 2 is 1.30 bits per heavy atom. The zero-order chi connectivity index (χ0) is 8.24. The lowest BCUT2D eigenvalue weighted by Gasteiger charge is -1.45. The Kier molecular flexibility index (Phi) is 17.4. The molecule has 0 bridgehead atoms. The first-order valence-corrected chi connectivity index (χ1v) is 2.19. The molecule has 0 aromatic carbocycles. The molecule has 0 aromatic heterocycles. The first-order valence-electron chi connectivity index (χ1n) is 2.19. The molecule has 0 fully saturated rings. The summed E-state index contributed by atoms with van der Waals surface area (Å²) in [5, 5.41) is 0. The van der Waals surface area contributed by atoms with Gasteiger partial charge in [0.05, 0.1) is 0 Å². The highest BCUT2D eigenvalue weighted by molar-refractivity contribution is 5.34. The van der Waals surface area contributed by atoms with Crippen molar-refractivity contribution in [3.8, 4) is 0 Å².